The fourth-order valence-electron chi connectivity index (χ4n) is 2.64. The van der Waals surface area contributed by atoms with Gasteiger partial charge in [0, 0.05) is 37.9 Å². The molecule has 1 aliphatic heterocycles. The van der Waals surface area contributed by atoms with Gasteiger partial charge in [0.15, 0.2) is 0 Å². The van der Waals surface area contributed by atoms with Gasteiger partial charge in [0.2, 0.25) is 0 Å². The van der Waals surface area contributed by atoms with Crippen LogP contribution in [0.5, 0.6) is 0 Å². The molecular weight excluding hydrogens is 319 g/mol. The van der Waals surface area contributed by atoms with Crippen LogP contribution in [0.4, 0.5) is 19.0 Å². The quantitative estimate of drug-likeness (QED) is 0.846. The van der Waals surface area contributed by atoms with Crippen LogP contribution in [-0.2, 0) is 6.18 Å². The Labute approximate surface area is 137 Å². The number of anilines is 1. The number of carbonyl (C=O) groups excluding carboxylic acids is 1. The Kier molecular flexibility index (Phi) is 4.42. The van der Waals surface area contributed by atoms with Gasteiger partial charge in [-0.2, -0.15) is 13.2 Å². The third kappa shape index (κ3) is 3.50. The molecule has 1 aliphatic rings. The summed E-state index contributed by atoms with van der Waals surface area (Å²) in [5, 5.41) is 0. The number of aromatic nitrogens is 1. The van der Waals surface area contributed by atoms with Crippen LogP contribution in [-0.4, -0.2) is 42.0 Å². The molecule has 1 amide bonds. The molecule has 0 atom stereocenters. The fraction of sp³-hybridized carbons (Fsp3) is 0.294. The van der Waals surface area contributed by atoms with Gasteiger partial charge >= 0.3 is 6.18 Å². The number of piperazine rings is 1. The van der Waals surface area contributed by atoms with Crippen LogP contribution >= 0.6 is 0 Å². The SMILES string of the molecule is O=C(c1ccccc1)N1CCN(c2ccc(C(F)(F)F)cn2)CC1. The summed E-state index contributed by atoms with van der Waals surface area (Å²) in [4.78, 5) is 19.9. The number of pyridine rings is 1. The van der Waals surface area contributed by atoms with Crippen molar-refractivity contribution in [1.82, 2.24) is 9.88 Å². The first-order chi connectivity index (χ1) is 11.4. The van der Waals surface area contributed by atoms with Crippen LogP contribution in [0.1, 0.15) is 15.9 Å². The van der Waals surface area contributed by atoms with E-state index in [1.54, 1.807) is 17.0 Å². The first-order valence-electron chi connectivity index (χ1n) is 7.58. The van der Waals surface area contributed by atoms with Crippen molar-refractivity contribution in [3.8, 4) is 0 Å². The summed E-state index contributed by atoms with van der Waals surface area (Å²) in [5.74, 6) is 0.463. The monoisotopic (exact) mass is 335 g/mol. The predicted molar refractivity (Wildman–Crippen MR) is 83.8 cm³/mol. The van der Waals surface area contributed by atoms with Crippen LogP contribution in [0.15, 0.2) is 48.7 Å². The van der Waals surface area contributed by atoms with Gasteiger partial charge in [-0.15, -0.1) is 0 Å². The molecule has 7 heteroatoms. The number of amides is 1. The predicted octanol–water partition coefficient (Wildman–Crippen LogP) is 3.06. The smallest absolute Gasteiger partial charge is 0.353 e. The van der Waals surface area contributed by atoms with E-state index in [4.69, 9.17) is 0 Å². The molecule has 0 unspecified atom stereocenters. The van der Waals surface area contributed by atoms with Crippen LogP contribution in [0.2, 0.25) is 0 Å². The Morgan fingerprint density at radius 1 is 0.958 bits per heavy atom. The lowest BCUT2D eigenvalue weighted by molar-refractivity contribution is -0.137. The molecule has 2 aromatic rings. The first-order valence-corrected chi connectivity index (χ1v) is 7.58. The molecule has 0 aliphatic carbocycles. The zero-order chi connectivity index (χ0) is 17.2. The van der Waals surface area contributed by atoms with Crippen molar-refractivity contribution in [2.45, 2.75) is 6.18 Å². The molecule has 24 heavy (non-hydrogen) atoms. The van der Waals surface area contributed by atoms with Gasteiger partial charge in [-0.05, 0) is 24.3 Å². The molecule has 0 radical (unpaired) electrons. The zero-order valence-electron chi connectivity index (χ0n) is 12.8. The number of hydrogen-bond donors (Lipinski definition) is 0. The van der Waals surface area contributed by atoms with E-state index in [0.717, 1.165) is 12.3 Å². The molecule has 0 saturated carbocycles. The van der Waals surface area contributed by atoms with Gasteiger partial charge in [0.25, 0.3) is 5.91 Å². The normalized spacial score (nSPS) is 15.5. The Morgan fingerprint density at radius 2 is 1.62 bits per heavy atom. The highest BCUT2D eigenvalue weighted by Gasteiger charge is 2.31. The maximum atomic E-state index is 12.6. The second kappa shape index (κ2) is 6.51. The Morgan fingerprint density at radius 3 is 2.17 bits per heavy atom. The summed E-state index contributed by atoms with van der Waals surface area (Å²) < 4.78 is 37.7. The van der Waals surface area contributed by atoms with E-state index < -0.39 is 11.7 Å². The highest BCUT2D eigenvalue weighted by Crippen LogP contribution is 2.29. The number of alkyl halides is 3. The second-order valence-electron chi connectivity index (χ2n) is 5.55. The number of halogens is 3. The van der Waals surface area contributed by atoms with Crippen molar-refractivity contribution in [2.75, 3.05) is 31.1 Å². The largest absolute Gasteiger partial charge is 0.417 e. The number of carbonyl (C=O) groups is 1. The van der Waals surface area contributed by atoms with Crippen LogP contribution in [0.3, 0.4) is 0 Å². The highest BCUT2D eigenvalue weighted by molar-refractivity contribution is 5.94. The molecule has 0 spiro atoms. The van der Waals surface area contributed by atoms with Gasteiger partial charge in [0.05, 0.1) is 5.56 Å². The van der Waals surface area contributed by atoms with E-state index in [9.17, 15) is 18.0 Å². The van der Waals surface area contributed by atoms with Crippen LogP contribution < -0.4 is 4.90 Å². The third-order valence-corrected chi connectivity index (χ3v) is 3.99. The highest BCUT2D eigenvalue weighted by atomic mass is 19.4. The molecule has 1 aromatic heterocycles. The Hall–Kier alpha value is -2.57. The Balaban J connectivity index is 1.62. The van der Waals surface area contributed by atoms with Gasteiger partial charge in [-0.25, -0.2) is 4.98 Å². The van der Waals surface area contributed by atoms with Crippen molar-refractivity contribution >= 4 is 11.7 Å². The van der Waals surface area contributed by atoms with Gasteiger partial charge in [0.1, 0.15) is 5.82 Å². The number of benzene rings is 1. The average Bonchev–Trinajstić information content (AvgIpc) is 2.61. The summed E-state index contributed by atoms with van der Waals surface area (Å²) in [6.45, 7) is 2.10. The van der Waals surface area contributed by atoms with Crippen molar-refractivity contribution in [3.63, 3.8) is 0 Å². The minimum atomic E-state index is -4.38. The van der Waals surface area contributed by atoms with E-state index in [0.29, 0.717) is 37.6 Å². The summed E-state index contributed by atoms with van der Waals surface area (Å²) in [6.07, 6.45) is -3.54. The van der Waals surface area contributed by atoms with Gasteiger partial charge in [-0.1, -0.05) is 18.2 Å². The van der Waals surface area contributed by atoms with Crippen molar-refractivity contribution < 1.29 is 18.0 Å². The van der Waals surface area contributed by atoms with Crippen LogP contribution in [0, 0.1) is 0 Å². The maximum Gasteiger partial charge on any atom is 0.417 e. The molecule has 2 heterocycles. The van der Waals surface area contributed by atoms with E-state index in [1.807, 2.05) is 23.1 Å². The summed E-state index contributed by atoms with van der Waals surface area (Å²) in [6, 6.07) is 11.4. The molecule has 3 rings (SSSR count). The first kappa shape index (κ1) is 16.3. The molecule has 4 nitrogen and oxygen atoms in total. The van der Waals surface area contributed by atoms with Gasteiger partial charge < -0.3 is 9.80 Å². The molecule has 1 aromatic carbocycles. The van der Waals surface area contributed by atoms with E-state index in [1.165, 1.54) is 6.07 Å². The third-order valence-electron chi connectivity index (χ3n) is 3.99. The molecular formula is C17H16F3N3O. The summed E-state index contributed by atoms with van der Waals surface area (Å²) in [7, 11) is 0. The molecule has 0 N–H and O–H groups in total. The number of nitrogens with zero attached hydrogens (tertiary/aromatic N) is 3. The molecule has 1 fully saturated rings. The lowest BCUT2D eigenvalue weighted by atomic mass is 10.2. The number of hydrogen-bond acceptors (Lipinski definition) is 3. The van der Waals surface area contributed by atoms with E-state index in [2.05, 4.69) is 4.98 Å². The summed E-state index contributed by atoms with van der Waals surface area (Å²) in [5.41, 5.74) is -0.122. The minimum absolute atomic E-state index is 0.0318. The molecule has 126 valence electrons. The fourth-order valence-corrected chi connectivity index (χ4v) is 2.64. The topological polar surface area (TPSA) is 36.4 Å². The number of rotatable bonds is 2. The standard InChI is InChI=1S/C17H16F3N3O/c18-17(19,20)14-6-7-15(21-12-14)22-8-10-23(11-9-22)16(24)13-4-2-1-3-5-13/h1-7,12H,8-11H2. The van der Waals surface area contributed by atoms with E-state index in [-0.39, 0.29) is 5.91 Å². The Bertz CT molecular complexity index is 693. The lowest BCUT2D eigenvalue weighted by Crippen LogP contribution is -2.49. The maximum absolute atomic E-state index is 12.6. The van der Waals surface area contributed by atoms with Crippen molar-refractivity contribution in [2.24, 2.45) is 0 Å². The van der Waals surface area contributed by atoms with Crippen molar-refractivity contribution in [3.05, 3.63) is 59.8 Å². The lowest BCUT2D eigenvalue weighted by Gasteiger charge is -2.35. The van der Waals surface area contributed by atoms with Crippen molar-refractivity contribution in [1.29, 1.82) is 0 Å². The zero-order valence-corrected chi connectivity index (χ0v) is 12.8. The molecule has 1 saturated heterocycles. The van der Waals surface area contributed by atoms with E-state index >= 15 is 0 Å². The second-order valence-corrected chi connectivity index (χ2v) is 5.55. The minimum Gasteiger partial charge on any atom is -0.353 e. The summed E-state index contributed by atoms with van der Waals surface area (Å²) >= 11 is 0. The van der Waals surface area contributed by atoms with Crippen LogP contribution in [0.25, 0.3) is 0 Å². The molecule has 0 bridgehead atoms. The average molecular weight is 335 g/mol. The van der Waals surface area contributed by atoms with Gasteiger partial charge in [-0.3, -0.25) is 4.79 Å².